The normalized spacial score (nSPS) is 20.5. The van der Waals surface area contributed by atoms with Gasteiger partial charge in [0.25, 0.3) is 5.91 Å². The van der Waals surface area contributed by atoms with Crippen molar-refractivity contribution in [3.05, 3.63) is 51.3 Å². The third-order valence-corrected chi connectivity index (χ3v) is 5.77. The van der Waals surface area contributed by atoms with E-state index in [0.29, 0.717) is 12.2 Å². The van der Waals surface area contributed by atoms with Crippen LogP contribution in [0.5, 0.6) is 0 Å². The molecule has 1 aromatic heterocycles. The summed E-state index contributed by atoms with van der Waals surface area (Å²) < 4.78 is 6.57. The summed E-state index contributed by atoms with van der Waals surface area (Å²) in [5.41, 5.74) is 3.68. The highest BCUT2D eigenvalue weighted by Crippen LogP contribution is 2.25. The minimum atomic E-state index is -0.182. The van der Waals surface area contributed by atoms with Crippen LogP contribution in [-0.2, 0) is 17.8 Å². The molecule has 7 heteroatoms. The van der Waals surface area contributed by atoms with Gasteiger partial charge in [0.05, 0.1) is 22.4 Å². The van der Waals surface area contributed by atoms with E-state index in [-0.39, 0.29) is 24.0 Å². The van der Waals surface area contributed by atoms with Gasteiger partial charge in [-0.3, -0.25) is 14.8 Å². The molecule has 152 valence electrons. The molecule has 1 saturated heterocycles. The topological polar surface area (TPSA) is 70.2 Å². The highest BCUT2D eigenvalue weighted by Gasteiger charge is 2.23. The zero-order valence-electron chi connectivity index (χ0n) is 17.0. The monoisotopic (exact) mass is 448 g/mol. The number of nitrogens with one attached hydrogen (secondary N) is 2. The van der Waals surface area contributed by atoms with Gasteiger partial charge in [-0.15, -0.1) is 0 Å². The van der Waals surface area contributed by atoms with Crippen LogP contribution >= 0.6 is 15.9 Å². The van der Waals surface area contributed by atoms with Crippen molar-refractivity contribution in [2.45, 2.75) is 58.9 Å². The van der Waals surface area contributed by atoms with Gasteiger partial charge in [-0.25, -0.2) is 0 Å². The van der Waals surface area contributed by atoms with Crippen LogP contribution in [0, 0.1) is 0 Å². The number of benzene rings is 1. The van der Waals surface area contributed by atoms with Gasteiger partial charge < -0.3 is 10.1 Å². The fraction of sp³-hybridized carbons (Fsp3) is 0.524. The zero-order chi connectivity index (χ0) is 20.3. The Morgan fingerprint density at radius 1 is 1.29 bits per heavy atom. The summed E-state index contributed by atoms with van der Waals surface area (Å²) in [6.07, 6.45) is 0.477. The number of morpholine rings is 1. The van der Waals surface area contributed by atoms with Gasteiger partial charge in [-0.2, -0.15) is 5.10 Å². The molecule has 2 heterocycles. The molecule has 0 saturated carbocycles. The molecule has 2 N–H and O–H groups in total. The number of carbonyl (C=O) groups is 1. The third-order valence-electron chi connectivity index (χ3n) is 4.97. The summed E-state index contributed by atoms with van der Waals surface area (Å²) in [7, 11) is 0. The molecular weight excluding hydrogens is 420 g/mol. The first-order valence-electron chi connectivity index (χ1n) is 9.81. The van der Waals surface area contributed by atoms with E-state index in [1.165, 1.54) is 5.56 Å². The molecule has 6 nitrogen and oxygen atoms in total. The summed E-state index contributed by atoms with van der Waals surface area (Å²) in [5, 5.41) is 10.1. The third kappa shape index (κ3) is 5.01. The number of nitrogens with zero attached hydrogens (tertiary/aromatic N) is 2. The van der Waals surface area contributed by atoms with Crippen LogP contribution in [0.2, 0.25) is 0 Å². The van der Waals surface area contributed by atoms with Crippen LogP contribution in [-0.4, -0.2) is 46.3 Å². The van der Waals surface area contributed by atoms with Crippen molar-refractivity contribution in [2.24, 2.45) is 0 Å². The highest BCUT2D eigenvalue weighted by molar-refractivity contribution is 9.10. The van der Waals surface area contributed by atoms with E-state index >= 15 is 0 Å². The maximum absolute atomic E-state index is 12.6. The lowest BCUT2D eigenvalue weighted by Gasteiger charge is -2.35. The maximum atomic E-state index is 12.6. The summed E-state index contributed by atoms with van der Waals surface area (Å²) in [5.74, 6) is 0.0842. The van der Waals surface area contributed by atoms with Crippen molar-refractivity contribution < 1.29 is 9.53 Å². The molecule has 1 aliphatic heterocycles. The van der Waals surface area contributed by atoms with Crippen molar-refractivity contribution >= 4 is 21.8 Å². The average Bonchev–Trinajstić information content (AvgIpc) is 3.01. The van der Waals surface area contributed by atoms with Crippen LogP contribution in [0.3, 0.4) is 0 Å². The van der Waals surface area contributed by atoms with E-state index in [0.717, 1.165) is 35.4 Å². The van der Waals surface area contributed by atoms with Gasteiger partial charge in [-0.05, 0) is 46.8 Å². The number of ether oxygens (including phenoxy) is 1. The van der Waals surface area contributed by atoms with Crippen LogP contribution in [0.15, 0.2) is 28.7 Å². The SMILES string of the molecule is CC1CN(Cc2ccccc2CNC(=O)c2n[nH]c(C(C)C)c2Br)CC(C)O1. The first kappa shape index (κ1) is 21.0. The molecular formula is C21H29BrN4O2. The predicted molar refractivity (Wildman–Crippen MR) is 113 cm³/mol. The van der Waals surface area contributed by atoms with Gasteiger partial charge in [0.15, 0.2) is 5.69 Å². The summed E-state index contributed by atoms with van der Waals surface area (Å²) >= 11 is 3.50. The van der Waals surface area contributed by atoms with Crippen molar-refractivity contribution in [3.63, 3.8) is 0 Å². The molecule has 0 radical (unpaired) electrons. The van der Waals surface area contributed by atoms with Gasteiger partial charge in [0.2, 0.25) is 0 Å². The Morgan fingerprint density at radius 2 is 1.93 bits per heavy atom. The molecule has 0 bridgehead atoms. The number of amides is 1. The van der Waals surface area contributed by atoms with Gasteiger partial charge in [-0.1, -0.05) is 38.1 Å². The molecule has 2 unspecified atom stereocenters. The standard InChI is InChI=1S/C21H29BrN4O2/c1-13(2)19-18(22)20(25-24-19)21(27)23-9-16-7-5-6-8-17(16)12-26-10-14(3)28-15(4)11-26/h5-8,13-15H,9-12H2,1-4H3,(H,23,27)(H,24,25). The fourth-order valence-electron chi connectivity index (χ4n) is 3.67. The Balaban J connectivity index is 1.66. The second-order valence-electron chi connectivity index (χ2n) is 7.86. The van der Waals surface area contributed by atoms with Gasteiger partial charge >= 0.3 is 0 Å². The molecule has 1 amide bonds. The van der Waals surface area contributed by atoms with E-state index in [1.807, 2.05) is 12.1 Å². The largest absolute Gasteiger partial charge is 0.373 e. The number of aromatic amines is 1. The lowest BCUT2D eigenvalue weighted by Crippen LogP contribution is -2.45. The number of hydrogen-bond donors (Lipinski definition) is 2. The number of rotatable bonds is 6. The second kappa shape index (κ2) is 9.20. The van der Waals surface area contributed by atoms with Crippen LogP contribution < -0.4 is 5.32 Å². The lowest BCUT2D eigenvalue weighted by atomic mass is 10.1. The Morgan fingerprint density at radius 3 is 2.54 bits per heavy atom. The first-order valence-corrected chi connectivity index (χ1v) is 10.6. The fourth-order valence-corrected chi connectivity index (χ4v) is 4.49. The predicted octanol–water partition coefficient (Wildman–Crippen LogP) is 3.83. The van der Waals surface area contributed by atoms with Crippen molar-refractivity contribution in [1.82, 2.24) is 20.4 Å². The molecule has 1 aliphatic rings. The average molecular weight is 449 g/mol. The van der Waals surface area contributed by atoms with E-state index in [9.17, 15) is 4.79 Å². The molecule has 0 spiro atoms. The second-order valence-corrected chi connectivity index (χ2v) is 8.65. The Labute approximate surface area is 175 Å². The van der Waals surface area contributed by atoms with Crippen molar-refractivity contribution in [3.8, 4) is 0 Å². The van der Waals surface area contributed by atoms with Crippen LogP contribution in [0.25, 0.3) is 0 Å². The highest BCUT2D eigenvalue weighted by atomic mass is 79.9. The first-order chi connectivity index (χ1) is 13.3. The van der Waals surface area contributed by atoms with Crippen molar-refractivity contribution in [2.75, 3.05) is 13.1 Å². The Bertz CT molecular complexity index is 810. The molecule has 1 fully saturated rings. The molecule has 2 atom stereocenters. The molecule has 3 rings (SSSR count). The number of halogens is 1. The number of aromatic nitrogens is 2. The number of H-pyrrole nitrogens is 1. The maximum Gasteiger partial charge on any atom is 0.273 e. The summed E-state index contributed by atoms with van der Waals surface area (Å²) in [6.45, 7) is 11.5. The Kier molecular flexibility index (Phi) is 6.91. The zero-order valence-corrected chi connectivity index (χ0v) is 18.5. The molecule has 0 aliphatic carbocycles. The van der Waals surface area contributed by atoms with E-state index in [1.54, 1.807) is 0 Å². The number of carbonyl (C=O) groups excluding carboxylic acids is 1. The Hall–Kier alpha value is -1.70. The quantitative estimate of drug-likeness (QED) is 0.703. The van der Waals surface area contributed by atoms with Gasteiger partial charge in [0, 0.05) is 26.2 Å². The summed E-state index contributed by atoms with van der Waals surface area (Å²) in [6, 6.07) is 8.26. The van der Waals surface area contributed by atoms with Gasteiger partial charge in [0.1, 0.15) is 0 Å². The lowest BCUT2D eigenvalue weighted by molar-refractivity contribution is -0.0705. The molecule has 2 aromatic rings. The van der Waals surface area contributed by atoms with Crippen molar-refractivity contribution in [1.29, 1.82) is 0 Å². The van der Waals surface area contributed by atoms with Crippen LogP contribution in [0.4, 0.5) is 0 Å². The van der Waals surface area contributed by atoms with Crippen LogP contribution in [0.1, 0.15) is 60.9 Å². The number of hydrogen-bond acceptors (Lipinski definition) is 4. The summed E-state index contributed by atoms with van der Waals surface area (Å²) in [4.78, 5) is 15.0. The molecule has 1 aromatic carbocycles. The van der Waals surface area contributed by atoms with E-state index in [2.05, 4.69) is 76.2 Å². The van der Waals surface area contributed by atoms with E-state index < -0.39 is 0 Å². The van der Waals surface area contributed by atoms with E-state index in [4.69, 9.17) is 4.74 Å². The smallest absolute Gasteiger partial charge is 0.273 e. The minimum Gasteiger partial charge on any atom is -0.373 e. The molecule has 28 heavy (non-hydrogen) atoms. The minimum absolute atomic E-state index is 0.182.